The molecule has 1 unspecified atom stereocenters. The summed E-state index contributed by atoms with van der Waals surface area (Å²) in [5.74, 6) is 0. The third-order valence-corrected chi connectivity index (χ3v) is 3.89. The van der Waals surface area contributed by atoms with Crippen LogP contribution in [0, 0.1) is 6.42 Å². The van der Waals surface area contributed by atoms with Crippen LogP contribution in [0.15, 0.2) is 54.6 Å². The first-order valence-electron chi connectivity index (χ1n) is 6.39. The summed E-state index contributed by atoms with van der Waals surface area (Å²) in [5.41, 5.74) is 6.95. The molecule has 1 heterocycles. The molecule has 0 bridgehead atoms. The molecule has 3 heteroatoms. The molecule has 1 nitrogen and oxygen atoms in total. The van der Waals surface area contributed by atoms with E-state index in [2.05, 4.69) is 66.3 Å². The standard InChI is InChI=1S/C17H14N.2Li.2H/c1-3-7-14-12(5-1)9-10-16(14)17-15-8-4-2-6-13(15)11-18-17;;;;/h1-10,17-18H,11H2;;;;. The second kappa shape index (κ2) is 6.40. The van der Waals surface area contributed by atoms with Crippen molar-refractivity contribution < 1.29 is 0 Å². The zero-order valence-corrected chi connectivity index (χ0v) is 10.1. The van der Waals surface area contributed by atoms with Crippen molar-refractivity contribution in [1.29, 1.82) is 0 Å². The van der Waals surface area contributed by atoms with Gasteiger partial charge in [0.2, 0.25) is 0 Å². The van der Waals surface area contributed by atoms with Crippen molar-refractivity contribution in [2.24, 2.45) is 0 Å². The molecular weight excluding hydrogens is 232 g/mol. The molecule has 0 fully saturated rings. The molecule has 2 aliphatic rings. The summed E-state index contributed by atoms with van der Waals surface area (Å²) in [6, 6.07) is 17.7. The average molecular weight is 248 g/mol. The van der Waals surface area contributed by atoms with E-state index in [1.165, 1.54) is 27.8 Å². The van der Waals surface area contributed by atoms with E-state index < -0.39 is 0 Å². The topological polar surface area (TPSA) is 12.0 Å². The van der Waals surface area contributed by atoms with Crippen LogP contribution in [0.25, 0.3) is 5.57 Å². The van der Waals surface area contributed by atoms with Crippen LogP contribution in [0.3, 0.4) is 0 Å². The first-order chi connectivity index (χ1) is 8.93. The van der Waals surface area contributed by atoms with Crippen LogP contribution >= 0.6 is 0 Å². The van der Waals surface area contributed by atoms with Gasteiger partial charge in [-0.2, -0.15) is 0 Å². The van der Waals surface area contributed by atoms with Crippen LogP contribution in [0.5, 0.6) is 0 Å². The van der Waals surface area contributed by atoms with Crippen LogP contribution in [0.4, 0.5) is 0 Å². The fourth-order valence-corrected chi connectivity index (χ4v) is 3.00. The Bertz CT molecular complexity index is 649. The SMILES string of the molecule is [CH]1C=C(C2NCc3ccccc32)c2ccccc21.[LiH].[LiH]. The van der Waals surface area contributed by atoms with E-state index in [0.717, 1.165) is 6.54 Å². The van der Waals surface area contributed by atoms with Gasteiger partial charge < -0.3 is 5.32 Å². The fourth-order valence-electron chi connectivity index (χ4n) is 3.00. The zero-order valence-electron chi connectivity index (χ0n) is 10.1. The second-order valence-electron chi connectivity index (χ2n) is 4.89. The maximum absolute atomic E-state index is 3.62. The average Bonchev–Trinajstić information content (AvgIpc) is 3.01. The van der Waals surface area contributed by atoms with E-state index in [1.807, 2.05) is 0 Å². The molecule has 0 amide bonds. The van der Waals surface area contributed by atoms with Crippen molar-refractivity contribution in [2.45, 2.75) is 12.6 Å². The normalized spacial score (nSPS) is 18.4. The van der Waals surface area contributed by atoms with Gasteiger partial charge in [0.1, 0.15) is 0 Å². The van der Waals surface area contributed by atoms with Crippen molar-refractivity contribution in [3.8, 4) is 0 Å². The minimum atomic E-state index is 0. The van der Waals surface area contributed by atoms with Gasteiger partial charge in [-0.15, -0.1) is 0 Å². The Labute approximate surface area is 144 Å². The zero-order chi connectivity index (χ0) is 11.9. The molecular formula is C17H16Li2N. The van der Waals surface area contributed by atoms with Crippen molar-refractivity contribution in [3.05, 3.63) is 83.3 Å². The van der Waals surface area contributed by atoms with Gasteiger partial charge in [-0.3, -0.25) is 0 Å². The summed E-state index contributed by atoms with van der Waals surface area (Å²) in [4.78, 5) is 0. The van der Waals surface area contributed by atoms with Crippen molar-refractivity contribution >= 4 is 43.3 Å². The Hall–Kier alpha value is -0.665. The third kappa shape index (κ3) is 2.46. The number of allylic oxidation sites excluding steroid dienone is 1. The predicted molar refractivity (Wildman–Crippen MR) is 88.1 cm³/mol. The molecule has 20 heavy (non-hydrogen) atoms. The Morgan fingerprint density at radius 2 is 1.65 bits per heavy atom. The van der Waals surface area contributed by atoms with Gasteiger partial charge >= 0.3 is 37.7 Å². The Balaban J connectivity index is 0.000000735. The number of nitrogens with one attached hydrogen (secondary N) is 1. The second-order valence-corrected chi connectivity index (χ2v) is 4.89. The molecule has 1 N–H and O–H groups in total. The molecule has 1 atom stereocenters. The Morgan fingerprint density at radius 3 is 2.55 bits per heavy atom. The molecule has 1 aliphatic carbocycles. The Morgan fingerprint density at radius 1 is 0.900 bits per heavy atom. The summed E-state index contributed by atoms with van der Waals surface area (Å²) in [7, 11) is 0. The van der Waals surface area contributed by atoms with E-state index in [-0.39, 0.29) is 37.7 Å². The summed E-state index contributed by atoms with van der Waals surface area (Å²) >= 11 is 0. The minimum absolute atomic E-state index is 0. The summed E-state index contributed by atoms with van der Waals surface area (Å²) in [6.45, 7) is 0.973. The van der Waals surface area contributed by atoms with E-state index in [9.17, 15) is 0 Å². The number of rotatable bonds is 1. The van der Waals surface area contributed by atoms with Crippen molar-refractivity contribution in [2.75, 3.05) is 0 Å². The molecule has 1 aliphatic heterocycles. The first kappa shape index (κ1) is 15.7. The molecule has 4 rings (SSSR count). The number of hydrogen-bond donors (Lipinski definition) is 1. The molecule has 0 saturated heterocycles. The van der Waals surface area contributed by atoms with E-state index in [0.29, 0.717) is 6.04 Å². The maximum atomic E-state index is 3.62. The summed E-state index contributed by atoms with van der Waals surface area (Å²) in [6.07, 6.45) is 4.47. The van der Waals surface area contributed by atoms with E-state index in [4.69, 9.17) is 0 Å². The van der Waals surface area contributed by atoms with Crippen molar-refractivity contribution in [3.63, 3.8) is 0 Å². The Kier molecular flexibility index (Phi) is 5.03. The number of fused-ring (bicyclic) bond motifs is 2. The molecule has 0 spiro atoms. The van der Waals surface area contributed by atoms with Crippen LogP contribution in [-0.2, 0) is 6.54 Å². The number of benzene rings is 2. The molecule has 2 aromatic rings. The van der Waals surface area contributed by atoms with Gasteiger partial charge in [-0.1, -0.05) is 54.6 Å². The van der Waals surface area contributed by atoms with Crippen molar-refractivity contribution in [1.82, 2.24) is 5.32 Å². The summed E-state index contributed by atoms with van der Waals surface area (Å²) < 4.78 is 0. The van der Waals surface area contributed by atoms with Crippen LogP contribution < -0.4 is 5.32 Å². The van der Waals surface area contributed by atoms with Gasteiger partial charge in [-0.25, -0.2) is 0 Å². The molecule has 1 radical (unpaired) electrons. The van der Waals surface area contributed by atoms with Gasteiger partial charge in [0, 0.05) is 13.0 Å². The van der Waals surface area contributed by atoms with Gasteiger partial charge in [0.15, 0.2) is 0 Å². The third-order valence-electron chi connectivity index (χ3n) is 3.89. The molecule has 0 saturated carbocycles. The van der Waals surface area contributed by atoms with E-state index in [1.54, 1.807) is 0 Å². The molecule has 91 valence electrons. The first-order valence-corrected chi connectivity index (χ1v) is 6.39. The van der Waals surface area contributed by atoms with E-state index >= 15 is 0 Å². The summed E-state index contributed by atoms with van der Waals surface area (Å²) in [5, 5.41) is 3.62. The van der Waals surface area contributed by atoms with Crippen LogP contribution in [-0.4, -0.2) is 37.7 Å². The fraction of sp³-hybridized carbons (Fsp3) is 0.118. The van der Waals surface area contributed by atoms with Crippen LogP contribution in [0.1, 0.15) is 28.3 Å². The van der Waals surface area contributed by atoms with Gasteiger partial charge in [-0.05, 0) is 27.8 Å². The van der Waals surface area contributed by atoms with Gasteiger partial charge in [0.05, 0.1) is 6.04 Å². The monoisotopic (exact) mass is 248 g/mol. The predicted octanol–water partition coefficient (Wildman–Crippen LogP) is 2.18. The van der Waals surface area contributed by atoms with Crippen LogP contribution in [0.2, 0.25) is 0 Å². The van der Waals surface area contributed by atoms with Gasteiger partial charge in [0.25, 0.3) is 0 Å². The molecule has 2 aromatic carbocycles. The number of hydrogen-bond acceptors (Lipinski definition) is 1. The quantitative estimate of drug-likeness (QED) is 0.763. The molecule has 0 aromatic heterocycles.